The predicted octanol–water partition coefficient (Wildman–Crippen LogP) is 4.71. The van der Waals surface area contributed by atoms with Gasteiger partial charge in [-0.2, -0.15) is 0 Å². The summed E-state index contributed by atoms with van der Waals surface area (Å²) in [4.78, 5) is 16.4. The van der Waals surface area contributed by atoms with Crippen LogP contribution in [0, 0.1) is 5.82 Å². The highest BCUT2D eigenvalue weighted by molar-refractivity contribution is 5.92. The number of rotatable bonds is 6. The van der Waals surface area contributed by atoms with Crippen LogP contribution in [0.4, 0.5) is 21.6 Å². The van der Waals surface area contributed by atoms with E-state index in [2.05, 4.69) is 34.7 Å². The fourth-order valence-electron chi connectivity index (χ4n) is 2.55. The Hall–Kier alpha value is -3.21. The SMILES string of the molecule is CCc1ccc(Nc2ccc(NC(=O)Cc3cccc(F)c3)cn2)cc1. The summed E-state index contributed by atoms with van der Waals surface area (Å²) >= 11 is 0. The topological polar surface area (TPSA) is 54.0 Å². The summed E-state index contributed by atoms with van der Waals surface area (Å²) in [5.41, 5.74) is 3.46. The average Bonchev–Trinajstić information content (AvgIpc) is 2.64. The molecule has 2 N–H and O–H groups in total. The van der Waals surface area contributed by atoms with E-state index in [9.17, 15) is 9.18 Å². The van der Waals surface area contributed by atoms with Crippen LogP contribution in [0.2, 0.25) is 0 Å². The second-order valence-corrected chi connectivity index (χ2v) is 5.96. The fraction of sp³-hybridized carbons (Fsp3) is 0.143. The first-order valence-electron chi connectivity index (χ1n) is 8.48. The molecule has 0 atom stereocenters. The third-order valence-electron chi connectivity index (χ3n) is 3.94. The summed E-state index contributed by atoms with van der Waals surface area (Å²) in [7, 11) is 0. The number of benzene rings is 2. The molecule has 0 aliphatic heterocycles. The molecular weight excluding hydrogens is 329 g/mol. The number of carbonyl (C=O) groups excluding carboxylic acids is 1. The van der Waals surface area contributed by atoms with Crippen molar-refractivity contribution in [2.75, 3.05) is 10.6 Å². The Balaban J connectivity index is 1.57. The van der Waals surface area contributed by atoms with E-state index in [0.717, 1.165) is 12.1 Å². The van der Waals surface area contributed by atoms with Gasteiger partial charge in [-0.25, -0.2) is 9.37 Å². The van der Waals surface area contributed by atoms with Gasteiger partial charge in [0.15, 0.2) is 0 Å². The van der Waals surface area contributed by atoms with E-state index in [1.807, 2.05) is 12.1 Å². The highest BCUT2D eigenvalue weighted by atomic mass is 19.1. The molecule has 132 valence electrons. The van der Waals surface area contributed by atoms with Crippen LogP contribution in [0.15, 0.2) is 66.9 Å². The molecule has 0 aliphatic carbocycles. The van der Waals surface area contributed by atoms with E-state index in [-0.39, 0.29) is 18.1 Å². The third kappa shape index (κ3) is 4.89. The number of amides is 1. The number of hydrogen-bond acceptors (Lipinski definition) is 3. The van der Waals surface area contributed by atoms with E-state index in [1.54, 1.807) is 30.5 Å². The van der Waals surface area contributed by atoms with Crippen molar-refractivity contribution in [3.8, 4) is 0 Å². The van der Waals surface area contributed by atoms with Crippen LogP contribution in [0.5, 0.6) is 0 Å². The number of aromatic nitrogens is 1. The molecule has 0 fully saturated rings. The molecule has 0 radical (unpaired) electrons. The normalized spacial score (nSPS) is 10.4. The summed E-state index contributed by atoms with van der Waals surface area (Å²) in [6.45, 7) is 2.12. The number of hydrogen-bond donors (Lipinski definition) is 2. The van der Waals surface area contributed by atoms with Crippen molar-refractivity contribution < 1.29 is 9.18 Å². The number of aryl methyl sites for hydroxylation is 1. The predicted molar refractivity (Wildman–Crippen MR) is 102 cm³/mol. The minimum Gasteiger partial charge on any atom is -0.340 e. The summed E-state index contributed by atoms with van der Waals surface area (Å²) in [5, 5.41) is 5.98. The minimum absolute atomic E-state index is 0.113. The number of halogens is 1. The Morgan fingerprint density at radius 3 is 2.42 bits per heavy atom. The monoisotopic (exact) mass is 349 g/mol. The van der Waals surface area contributed by atoms with E-state index in [4.69, 9.17) is 0 Å². The van der Waals surface area contributed by atoms with Gasteiger partial charge < -0.3 is 10.6 Å². The van der Waals surface area contributed by atoms with Crippen LogP contribution in [-0.4, -0.2) is 10.9 Å². The van der Waals surface area contributed by atoms with Crippen LogP contribution in [0.1, 0.15) is 18.1 Å². The lowest BCUT2D eigenvalue weighted by Gasteiger charge is -2.08. The van der Waals surface area contributed by atoms with Crippen LogP contribution < -0.4 is 10.6 Å². The molecule has 0 saturated heterocycles. The minimum atomic E-state index is -0.348. The molecular formula is C21H20FN3O. The number of pyridine rings is 1. The Labute approximate surface area is 152 Å². The number of nitrogens with zero attached hydrogens (tertiary/aromatic N) is 1. The molecule has 0 unspecified atom stereocenters. The standard InChI is InChI=1S/C21H20FN3O/c1-2-15-6-8-18(9-7-15)24-20-11-10-19(14-23-20)25-21(26)13-16-4-3-5-17(22)12-16/h3-12,14H,2,13H2,1H3,(H,23,24)(H,25,26). The van der Waals surface area contributed by atoms with E-state index < -0.39 is 0 Å². The maximum absolute atomic E-state index is 13.2. The van der Waals surface area contributed by atoms with Gasteiger partial charge in [-0.1, -0.05) is 31.2 Å². The molecule has 0 spiro atoms. The molecule has 3 aromatic rings. The Morgan fingerprint density at radius 2 is 1.77 bits per heavy atom. The maximum atomic E-state index is 13.2. The lowest BCUT2D eigenvalue weighted by molar-refractivity contribution is -0.115. The van der Waals surface area contributed by atoms with Crippen molar-refractivity contribution in [1.29, 1.82) is 0 Å². The third-order valence-corrected chi connectivity index (χ3v) is 3.94. The summed E-state index contributed by atoms with van der Waals surface area (Å²) < 4.78 is 13.2. The largest absolute Gasteiger partial charge is 0.340 e. The van der Waals surface area contributed by atoms with Crippen LogP contribution in [0.25, 0.3) is 0 Å². The lowest BCUT2D eigenvalue weighted by Crippen LogP contribution is -2.14. The fourth-order valence-corrected chi connectivity index (χ4v) is 2.55. The van der Waals surface area contributed by atoms with Crippen LogP contribution in [-0.2, 0) is 17.6 Å². The highest BCUT2D eigenvalue weighted by Gasteiger charge is 2.06. The maximum Gasteiger partial charge on any atom is 0.228 e. The van der Waals surface area contributed by atoms with Gasteiger partial charge >= 0.3 is 0 Å². The Kier molecular flexibility index (Phi) is 5.59. The van der Waals surface area contributed by atoms with E-state index in [1.165, 1.54) is 17.7 Å². The summed E-state index contributed by atoms with van der Waals surface area (Å²) in [6, 6.07) is 17.8. The van der Waals surface area contributed by atoms with Gasteiger partial charge in [-0.05, 0) is 53.9 Å². The molecule has 5 heteroatoms. The molecule has 0 bridgehead atoms. The molecule has 26 heavy (non-hydrogen) atoms. The zero-order chi connectivity index (χ0) is 18.4. The van der Waals surface area contributed by atoms with Crippen molar-refractivity contribution in [2.24, 2.45) is 0 Å². The second-order valence-electron chi connectivity index (χ2n) is 5.96. The molecule has 2 aromatic carbocycles. The number of anilines is 3. The van der Waals surface area contributed by atoms with Crippen molar-refractivity contribution in [3.05, 3.63) is 83.8 Å². The first-order valence-corrected chi connectivity index (χ1v) is 8.48. The molecule has 1 aromatic heterocycles. The quantitative estimate of drug-likeness (QED) is 0.678. The first kappa shape index (κ1) is 17.6. The van der Waals surface area contributed by atoms with Gasteiger partial charge in [0, 0.05) is 5.69 Å². The Bertz CT molecular complexity index is 877. The molecule has 1 heterocycles. The molecule has 0 saturated carbocycles. The number of nitrogens with one attached hydrogen (secondary N) is 2. The average molecular weight is 349 g/mol. The van der Waals surface area contributed by atoms with Crippen molar-refractivity contribution in [2.45, 2.75) is 19.8 Å². The van der Waals surface area contributed by atoms with Crippen molar-refractivity contribution >= 4 is 23.1 Å². The van der Waals surface area contributed by atoms with Gasteiger partial charge in [0.25, 0.3) is 0 Å². The first-order chi connectivity index (χ1) is 12.6. The molecule has 0 aliphatic rings. The zero-order valence-electron chi connectivity index (χ0n) is 14.5. The van der Waals surface area contributed by atoms with E-state index >= 15 is 0 Å². The van der Waals surface area contributed by atoms with Crippen LogP contribution in [0.3, 0.4) is 0 Å². The van der Waals surface area contributed by atoms with Gasteiger partial charge in [-0.15, -0.1) is 0 Å². The second kappa shape index (κ2) is 8.25. The van der Waals surface area contributed by atoms with Gasteiger partial charge in [0.05, 0.1) is 18.3 Å². The van der Waals surface area contributed by atoms with Crippen molar-refractivity contribution in [3.63, 3.8) is 0 Å². The lowest BCUT2D eigenvalue weighted by atomic mass is 10.1. The summed E-state index contributed by atoms with van der Waals surface area (Å²) in [6.07, 6.45) is 2.70. The van der Waals surface area contributed by atoms with Gasteiger partial charge in [-0.3, -0.25) is 4.79 Å². The molecule has 1 amide bonds. The number of carbonyl (C=O) groups is 1. The zero-order valence-corrected chi connectivity index (χ0v) is 14.5. The van der Waals surface area contributed by atoms with Gasteiger partial charge in [0.2, 0.25) is 5.91 Å². The van der Waals surface area contributed by atoms with E-state index in [0.29, 0.717) is 17.1 Å². The van der Waals surface area contributed by atoms with Gasteiger partial charge in [0.1, 0.15) is 11.6 Å². The summed E-state index contributed by atoms with van der Waals surface area (Å²) in [5.74, 6) is 0.130. The highest BCUT2D eigenvalue weighted by Crippen LogP contribution is 2.17. The van der Waals surface area contributed by atoms with Crippen molar-refractivity contribution in [1.82, 2.24) is 4.98 Å². The molecule has 3 rings (SSSR count). The molecule has 4 nitrogen and oxygen atoms in total. The smallest absolute Gasteiger partial charge is 0.228 e. The van der Waals surface area contributed by atoms with Crippen LogP contribution >= 0.6 is 0 Å². The Morgan fingerprint density at radius 1 is 1.00 bits per heavy atom.